The molecule has 21 heavy (non-hydrogen) atoms. The zero-order chi connectivity index (χ0) is 16.4. The molecular weight excluding hydrogens is 286 g/mol. The van der Waals surface area contributed by atoms with Crippen molar-refractivity contribution in [3.8, 4) is 0 Å². The molecule has 0 bridgehead atoms. The van der Waals surface area contributed by atoms with Crippen LogP contribution in [0.25, 0.3) is 0 Å². The number of aliphatic hydroxyl groups is 1. The lowest BCUT2D eigenvalue weighted by Crippen LogP contribution is -2.30. The van der Waals surface area contributed by atoms with E-state index >= 15 is 0 Å². The van der Waals surface area contributed by atoms with Crippen molar-refractivity contribution in [1.82, 2.24) is 4.72 Å². The molecule has 1 aromatic rings. The van der Waals surface area contributed by atoms with Crippen molar-refractivity contribution >= 4 is 10.0 Å². The van der Waals surface area contributed by atoms with Crippen molar-refractivity contribution in [3.05, 3.63) is 27.8 Å². The highest BCUT2D eigenvalue weighted by Gasteiger charge is 2.23. The fourth-order valence-electron chi connectivity index (χ4n) is 2.52. The van der Waals surface area contributed by atoms with Crippen LogP contribution in [0.1, 0.15) is 41.2 Å². The van der Waals surface area contributed by atoms with Gasteiger partial charge in [-0.15, -0.1) is 0 Å². The van der Waals surface area contributed by atoms with Gasteiger partial charge >= 0.3 is 0 Å². The number of sulfonamides is 1. The first-order valence-electron chi connectivity index (χ1n) is 7.31. The molecule has 0 aliphatic carbocycles. The van der Waals surface area contributed by atoms with Crippen molar-refractivity contribution in [3.63, 3.8) is 0 Å². The average Bonchev–Trinajstić information content (AvgIpc) is 2.41. The summed E-state index contributed by atoms with van der Waals surface area (Å²) >= 11 is 0. The third-order valence-electron chi connectivity index (χ3n) is 4.44. The summed E-state index contributed by atoms with van der Waals surface area (Å²) in [6, 6.07) is 0. The Morgan fingerprint density at radius 2 is 1.38 bits per heavy atom. The van der Waals surface area contributed by atoms with Crippen LogP contribution in [0.15, 0.2) is 4.90 Å². The number of hydrogen-bond acceptors (Lipinski definition) is 3. The van der Waals surface area contributed by atoms with Gasteiger partial charge in [0.2, 0.25) is 10.0 Å². The van der Waals surface area contributed by atoms with Crippen LogP contribution in [0.5, 0.6) is 0 Å². The molecule has 4 nitrogen and oxygen atoms in total. The zero-order valence-corrected chi connectivity index (χ0v) is 14.7. The van der Waals surface area contributed by atoms with Crippen molar-refractivity contribution in [2.75, 3.05) is 13.2 Å². The fourth-order valence-corrected chi connectivity index (χ4v) is 4.28. The number of rotatable bonds is 6. The Hall–Kier alpha value is -0.910. The molecule has 5 heteroatoms. The average molecular weight is 313 g/mol. The van der Waals surface area contributed by atoms with Gasteiger partial charge in [-0.25, -0.2) is 13.1 Å². The first-order valence-corrected chi connectivity index (χ1v) is 8.79. The number of nitrogens with one attached hydrogen (secondary N) is 1. The van der Waals surface area contributed by atoms with Gasteiger partial charge in [0.25, 0.3) is 0 Å². The molecule has 1 unspecified atom stereocenters. The summed E-state index contributed by atoms with van der Waals surface area (Å²) in [5, 5.41) is 8.90. The maximum atomic E-state index is 12.6. The van der Waals surface area contributed by atoms with Gasteiger partial charge in [0.15, 0.2) is 0 Å². The maximum Gasteiger partial charge on any atom is 0.241 e. The second-order valence-electron chi connectivity index (χ2n) is 5.92. The van der Waals surface area contributed by atoms with Crippen LogP contribution in [0.3, 0.4) is 0 Å². The van der Waals surface area contributed by atoms with Crippen LogP contribution in [-0.4, -0.2) is 26.7 Å². The summed E-state index contributed by atoms with van der Waals surface area (Å²) in [4.78, 5) is 0.402. The van der Waals surface area contributed by atoms with E-state index in [4.69, 9.17) is 5.11 Å². The molecule has 1 rings (SSSR count). The second-order valence-corrected chi connectivity index (χ2v) is 7.63. The molecule has 0 saturated heterocycles. The van der Waals surface area contributed by atoms with E-state index in [0.717, 1.165) is 27.8 Å². The first kappa shape index (κ1) is 18.1. The van der Waals surface area contributed by atoms with Gasteiger partial charge < -0.3 is 5.11 Å². The molecule has 0 aliphatic rings. The van der Waals surface area contributed by atoms with E-state index in [-0.39, 0.29) is 12.5 Å². The normalized spacial score (nSPS) is 13.5. The summed E-state index contributed by atoms with van der Waals surface area (Å²) in [5.74, 6) is 0.109. The highest BCUT2D eigenvalue weighted by molar-refractivity contribution is 7.89. The Morgan fingerprint density at radius 3 is 1.81 bits per heavy atom. The molecule has 0 amide bonds. The van der Waals surface area contributed by atoms with E-state index in [2.05, 4.69) is 4.72 Å². The largest absolute Gasteiger partial charge is 0.396 e. The number of aliphatic hydroxyl groups excluding tert-OH is 1. The van der Waals surface area contributed by atoms with Gasteiger partial charge in [-0.05, 0) is 74.8 Å². The predicted octanol–water partition coefficient (Wildman–Crippen LogP) is 2.53. The molecule has 120 valence electrons. The summed E-state index contributed by atoms with van der Waals surface area (Å²) < 4.78 is 27.9. The lowest BCUT2D eigenvalue weighted by molar-refractivity contribution is 0.263. The van der Waals surface area contributed by atoms with Gasteiger partial charge in [0.05, 0.1) is 4.90 Å². The van der Waals surface area contributed by atoms with E-state index in [0.29, 0.717) is 17.9 Å². The van der Waals surface area contributed by atoms with Crippen molar-refractivity contribution in [2.45, 2.75) is 52.9 Å². The third-order valence-corrected chi connectivity index (χ3v) is 6.14. The highest BCUT2D eigenvalue weighted by atomic mass is 32.2. The summed E-state index contributed by atoms with van der Waals surface area (Å²) in [6.45, 7) is 12.0. The first-order chi connectivity index (χ1) is 9.63. The molecule has 0 aromatic heterocycles. The van der Waals surface area contributed by atoms with Crippen LogP contribution in [0.4, 0.5) is 0 Å². The second kappa shape index (κ2) is 6.90. The zero-order valence-electron chi connectivity index (χ0n) is 13.9. The molecule has 0 spiro atoms. The molecule has 0 aliphatic heterocycles. The maximum absolute atomic E-state index is 12.6. The van der Waals surface area contributed by atoms with Crippen molar-refractivity contribution in [2.24, 2.45) is 5.92 Å². The lowest BCUT2D eigenvalue weighted by atomic mass is 9.95. The van der Waals surface area contributed by atoms with Gasteiger partial charge in [-0.1, -0.05) is 6.92 Å². The van der Waals surface area contributed by atoms with Crippen LogP contribution >= 0.6 is 0 Å². The summed E-state index contributed by atoms with van der Waals surface area (Å²) in [7, 11) is -3.53. The van der Waals surface area contributed by atoms with Crippen LogP contribution in [0.2, 0.25) is 0 Å². The Labute approximate surface area is 128 Å². The summed E-state index contributed by atoms with van der Waals surface area (Å²) in [6.07, 6.45) is 0.590. The molecular formula is C16H27NO3S. The van der Waals surface area contributed by atoms with Crippen LogP contribution < -0.4 is 4.72 Å². The summed E-state index contributed by atoms with van der Waals surface area (Å²) in [5.41, 5.74) is 4.84. The SMILES string of the molecule is Cc1c(C)c(C)c(S(=O)(=O)NCC(C)CCO)c(C)c1C. The van der Waals surface area contributed by atoms with Gasteiger partial charge in [-0.2, -0.15) is 0 Å². The van der Waals surface area contributed by atoms with E-state index in [1.807, 2.05) is 41.5 Å². The topological polar surface area (TPSA) is 66.4 Å². The Morgan fingerprint density at radius 1 is 0.952 bits per heavy atom. The standard InChI is InChI=1S/C16H27NO3S/c1-10(7-8-18)9-17-21(19,20)16-14(5)12(3)11(2)13(4)15(16)6/h10,17-18H,7-9H2,1-6H3. The smallest absolute Gasteiger partial charge is 0.241 e. The van der Waals surface area contributed by atoms with E-state index in [1.54, 1.807) is 0 Å². The predicted molar refractivity (Wildman–Crippen MR) is 86.2 cm³/mol. The number of hydrogen-bond donors (Lipinski definition) is 2. The molecule has 0 saturated carbocycles. The van der Waals surface area contributed by atoms with Gasteiger partial charge in [0.1, 0.15) is 0 Å². The van der Waals surface area contributed by atoms with Crippen LogP contribution in [0, 0.1) is 40.5 Å². The van der Waals surface area contributed by atoms with Crippen molar-refractivity contribution < 1.29 is 13.5 Å². The number of benzene rings is 1. The lowest BCUT2D eigenvalue weighted by Gasteiger charge is -2.20. The fraction of sp³-hybridized carbons (Fsp3) is 0.625. The molecule has 0 heterocycles. The van der Waals surface area contributed by atoms with E-state index < -0.39 is 10.0 Å². The molecule has 2 N–H and O–H groups in total. The van der Waals surface area contributed by atoms with Gasteiger partial charge in [-0.3, -0.25) is 0 Å². The quantitative estimate of drug-likeness (QED) is 0.848. The minimum absolute atomic E-state index is 0.0731. The van der Waals surface area contributed by atoms with Gasteiger partial charge in [0, 0.05) is 13.2 Å². The van der Waals surface area contributed by atoms with Crippen molar-refractivity contribution in [1.29, 1.82) is 0 Å². The molecule has 1 atom stereocenters. The highest BCUT2D eigenvalue weighted by Crippen LogP contribution is 2.29. The molecule has 1 aromatic carbocycles. The molecule has 0 radical (unpaired) electrons. The Kier molecular flexibility index (Phi) is 5.96. The Balaban J connectivity index is 3.21. The third kappa shape index (κ3) is 3.84. The van der Waals surface area contributed by atoms with E-state index in [1.165, 1.54) is 0 Å². The minimum Gasteiger partial charge on any atom is -0.396 e. The van der Waals surface area contributed by atoms with E-state index in [9.17, 15) is 8.42 Å². The monoisotopic (exact) mass is 313 g/mol. The molecule has 0 fully saturated rings. The van der Waals surface area contributed by atoms with Crippen LogP contribution in [-0.2, 0) is 10.0 Å². The minimum atomic E-state index is -3.53. The Bertz CT molecular complexity index is 592.